The largest absolute Gasteiger partial charge is 0.463 e. The number of halogens is 1. The number of ether oxygens (including phenoxy) is 3. The molecule has 0 radical (unpaired) electrons. The number of hydrogen-bond acceptors (Lipinski definition) is 6. The van der Waals surface area contributed by atoms with Gasteiger partial charge < -0.3 is 18.6 Å². The highest BCUT2D eigenvalue weighted by molar-refractivity contribution is 7.97. The Labute approximate surface area is 171 Å². The molecule has 0 N–H and O–H groups in total. The van der Waals surface area contributed by atoms with Gasteiger partial charge in [-0.05, 0) is 24.3 Å². The zero-order valence-electron chi connectivity index (χ0n) is 15.7. The number of carbonyl (C=O) groups excluding carboxylic acids is 1. The summed E-state index contributed by atoms with van der Waals surface area (Å²) >= 11 is 1.54. The van der Waals surface area contributed by atoms with E-state index in [9.17, 15) is 9.18 Å². The van der Waals surface area contributed by atoms with Gasteiger partial charge in [-0.25, -0.2) is 9.18 Å². The van der Waals surface area contributed by atoms with Crippen LogP contribution in [-0.4, -0.2) is 13.1 Å². The van der Waals surface area contributed by atoms with Crippen molar-refractivity contribution in [3.8, 4) is 5.75 Å². The lowest BCUT2D eigenvalue weighted by molar-refractivity contribution is -0.112. The zero-order valence-corrected chi connectivity index (χ0v) is 16.5. The third-order valence-corrected chi connectivity index (χ3v) is 5.45. The molecule has 0 aliphatic carbocycles. The standard InChI is InChI=1S/C22H19FO5S/c1-25-21(24)19-8-7-18(27-19)13-29-12-16-10-17(23)9-15-11-26-22(28-20(15)16)14-5-3-2-4-6-14/h2-10,22H,11-13H2,1H3/t22-/m0/s1. The lowest BCUT2D eigenvalue weighted by atomic mass is 10.1. The first-order valence-corrected chi connectivity index (χ1v) is 10.2. The second kappa shape index (κ2) is 8.71. The van der Waals surface area contributed by atoms with Crippen molar-refractivity contribution in [2.75, 3.05) is 7.11 Å². The van der Waals surface area contributed by atoms with Crippen LogP contribution in [0.3, 0.4) is 0 Å². The number of hydrogen-bond donors (Lipinski definition) is 0. The average Bonchev–Trinajstić information content (AvgIpc) is 3.22. The summed E-state index contributed by atoms with van der Waals surface area (Å²) in [5.41, 5.74) is 2.36. The molecular formula is C22H19FO5S. The highest BCUT2D eigenvalue weighted by atomic mass is 32.2. The molecule has 4 rings (SSSR count). The lowest BCUT2D eigenvalue weighted by Gasteiger charge is -2.28. The second-order valence-corrected chi connectivity index (χ2v) is 7.46. The fraction of sp³-hybridized carbons (Fsp3) is 0.227. The molecule has 0 bridgehead atoms. The Morgan fingerprint density at radius 2 is 2.00 bits per heavy atom. The third-order valence-electron chi connectivity index (χ3n) is 4.44. The first kappa shape index (κ1) is 19.5. The summed E-state index contributed by atoms with van der Waals surface area (Å²) in [5, 5.41) is 0. The normalized spacial score (nSPS) is 15.4. The molecule has 29 heavy (non-hydrogen) atoms. The van der Waals surface area contributed by atoms with Gasteiger partial charge >= 0.3 is 5.97 Å². The summed E-state index contributed by atoms with van der Waals surface area (Å²) in [7, 11) is 1.30. The quantitative estimate of drug-likeness (QED) is 0.514. The SMILES string of the molecule is COC(=O)c1ccc(CSCc2cc(F)cc3c2O[C@@H](c2ccccc2)OC3)o1. The molecule has 1 aromatic heterocycles. The van der Waals surface area contributed by atoms with Crippen LogP contribution in [0.2, 0.25) is 0 Å². The highest BCUT2D eigenvalue weighted by Gasteiger charge is 2.25. The molecule has 7 heteroatoms. The van der Waals surface area contributed by atoms with Crippen molar-refractivity contribution in [1.82, 2.24) is 0 Å². The predicted molar refractivity (Wildman–Crippen MR) is 106 cm³/mol. The summed E-state index contributed by atoms with van der Waals surface area (Å²) in [4.78, 5) is 11.5. The van der Waals surface area contributed by atoms with Crippen molar-refractivity contribution in [3.05, 3.63) is 88.6 Å². The van der Waals surface area contributed by atoms with Gasteiger partial charge in [-0.1, -0.05) is 30.3 Å². The van der Waals surface area contributed by atoms with E-state index in [-0.39, 0.29) is 18.2 Å². The van der Waals surface area contributed by atoms with Gasteiger partial charge in [0.2, 0.25) is 12.1 Å². The molecule has 150 valence electrons. The number of esters is 1. The van der Waals surface area contributed by atoms with Gasteiger partial charge in [-0.3, -0.25) is 0 Å². The Bertz CT molecular complexity index is 1000. The van der Waals surface area contributed by atoms with E-state index in [0.717, 1.165) is 11.1 Å². The van der Waals surface area contributed by atoms with Crippen molar-refractivity contribution in [2.24, 2.45) is 0 Å². The number of fused-ring (bicyclic) bond motifs is 1. The first-order valence-electron chi connectivity index (χ1n) is 9.03. The van der Waals surface area contributed by atoms with Gasteiger partial charge in [0, 0.05) is 22.4 Å². The molecule has 2 heterocycles. The topological polar surface area (TPSA) is 57.9 Å². The minimum Gasteiger partial charge on any atom is -0.463 e. The maximum Gasteiger partial charge on any atom is 0.373 e. The van der Waals surface area contributed by atoms with Crippen molar-refractivity contribution in [2.45, 2.75) is 24.4 Å². The Kier molecular flexibility index (Phi) is 5.87. The van der Waals surface area contributed by atoms with E-state index >= 15 is 0 Å². The van der Waals surface area contributed by atoms with Crippen molar-refractivity contribution < 1.29 is 27.8 Å². The van der Waals surface area contributed by atoms with E-state index in [1.807, 2.05) is 30.3 Å². The van der Waals surface area contributed by atoms with E-state index < -0.39 is 12.3 Å². The first-order chi connectivity index (χ1) is 14.1. The monoisotopic (exact) mass is 414 g/mol. The van der Waals surface area contributed by atoms with Crippen molar-refractivity contribution >= 4 is 17.7 Å². The van der Waals surface area contributed by atoms with Crippen LogP contribution in [0.4, 0.5) is 4.39 Å². The number of methoxy groups -OCH3 is 1. The number of rotatable bonds is 6. The molecule has 5 nitrogen and oxygen atoms in total. The minimum absolute atomic E-state index is 0.164. The van der Waals surface area contributed by atoms with Gasteiger partial charge in [-0.15, -0.1) is 11.8 Å². The maximum absolute atomic E-state index is 14.1. The molecule has 0 saturated carbocycles. The van der Waals surface area contributed by atoms with E-state index in [1.165, 1.54) is 31.0 Å². The Hall–Kier alpha value is -2.77. The maximum atomic E-state index is 14.1. The molecule has 0 spiro atoms. The fourth-order valence-electron chi connectivity index (χ4n) is 3.09. The number of benzene rings is 2. The van der Waals surface area contributed by atoms with Crippen LogP contribution in [0.15, 0.2) is 59.0 Å². The Morgan fingerprint density at radius 3 is 2.79 bits per heavy atom. The molecule has 1 aliphatic rings. The lowest BCUT2D eigenvalue weighted by Crippen LogP contribution is -2.19. The molecule has 0 unspecified atom stereocenters. The summed E-state index contributed by atoms with van der Waals surface area (Å²) in [6.07, 6.45) is -0.523. The molecule has 0 saturated heterocycles. The van der Waals surface area contributed by atoms with Crippen LogP contribution < -0.4 is 4.74 Å². The van der Waals surface area contributed by atoms with E-state index in [0.29, 0.717) is 28.6 Å². The van der Waals surface area contributed by atoms with Gasteiger partial charge in [0.15, 0.2) is 0 Å². The Morgan fingerprint density at radius 1 is 1.17 bits per heavy atom. The van der Waals surface area contributed by atoms with Gasteiger partial charge in [0.25, 0.3) is 0 Å². The van der Waals surface area contributed by atoms with Crippen LogP contribution in [-0.2, 0) is 27.6 Å². The molecular weight excluding hydrogens is 395 g/mol. The van der Waals surface area contributed by atoms with Crippen LogP contribution in [0, 0.1) is 5.82 Å². The van der Waals surface area contributed by atoms with Crippen LogP contribution in [0.1, 0.15) is 39.3 Å². The van der Waals surface area contributed by atoms with Crippen LogP contribution >= 0.6 is 11.8 Å². The summed E-state index contributed by atoms with van der Waals surface area (Å²) in [5.74, 6) is 1.69. The minimum atomic E-state index is -0.523. The van der Waals surface area contributed by atoms with Crippen molar-refractivity contribution in [1.29, 1.82) is 0 Å². The third kappa shape index (κ3) is 4.46. The fourth-order valence-corrected chi connectivity index (χ4v) is 3.98. The van der Waals surface area contributed by atoms with E-state index in [1.54, 1.807) is 12.1 Å². The molecule has 0 fully saturated rings. The molecule has 2 aromatic carbocycles. The number of thioether (sulfide) groups is 1. The van der Waals surface area contributed by atoms with E-state index in [4.69, 9.17) is 13.9 Å². The molecule has 1 atom stereocenters. The van der Waals surface area contributed by atoms with Crippen LogP contribution in [0.5, 0.6) is 5.75 Å². The average molecular weight is 414 g/mol. The summed E-state index contributed by atoms with van der Waals surface area (Å²) in [6.45, 7) is 0.283. The summed E-state index contributed by atoms with van der Waals surface area (Å²) in [6, 6.07) is 15.9. The van der Waals surface area contributed by atoms with Gasteiger partial charge in [-0.2, -0.15) is 0 Å². The van der Waals surface area contributed by atoms with Crippen LogP contribution in [0.25, 0.3) is 0 Å². The molecule has 0 amide bonds. The van der Waals surface area contributed by atoms with Gasteiger partial charge in [0.1, 0.15) is 17.3 Å². The second-order valence-electron chi connectivity index (χ2n) is 6.47. The highest BCUT2D eigenvalue weighted by Crippen LogP contribution is 2.38. The van der Waals surface area contributed by atoms with Gasteiger partial charge in [0.05, 0.1) is 19.5 Å². The molecule has 1 aliphatic heterocycles. The molecule has 3 aromatic rings. The van der Waals surface area contributed by atoms with Crippen molar-refractivity contribution in [3.63, 3.8) is 0 Å². The summed E-state index contributed by atoms with van der Waals surface area (Å²) < 4.78 is 36.0. The number of furan rings is 1. The zero-order chi connectivity index (χ0) is 20.2. The Balaban J connectivity index is 1.46. The number of carbonyl (C=O) groups is 1. The van der Waals surface area contributed by atoms with E-state index in [2.05, 4.69) is 4.74 Å². The smallest absolute Gasteiger partial charge is 0.373 e. The predicted octanol–water partition coefficient (Wildman–Crippen LogP) is 5.25.